The topological polar surface area (TPSA) is 37.8 Å². The summed E-state index contributed by atoms with van der Waals surface area (Å²) < 4.78 is 0. The average Bonchev–Trinajstić information content (AvgIpc) is 2.38. The van der Waals surface area contributed by atoms with E-state index in [4.69, 9.17) is 4.98 Å². The average molecular weight is 283 g/mol. The molecule has 21 heavy (non-hydrogen) atoms. The SMILES string of the molecule is Cc1cc(CNC(C)(C)C)nc(Cc2ccccc2C)n1. The molecular formula is C18H25N3. The van der Waals surface area contributed by atoms with Crippen LogP contribution in [-0.2, 0) is 13.0 Å². The van der Waals surface area contributed by atoms with E-state index in [9.17, 15) is 0 Å². The van der Waals surface area contributed by atoms with E-state index in [0.717, 1.165) is 30.2 Å². The van der Waals surface area contributed by atoms with Gasteiger partial charge in [0.05, 0.1) is 5.69 Å². The first-order chi connectivity index (χ1) is 9.83. The highest BCUT2D eigenvalue weighted by Gasteiger charge is 2.10. The molecule has 0 saturated heterocycles. The molecule has 0 bridgehead atoms. The van der Waals surface area contributed by atoms with Crippen molar-refractivity contribution in [1.82, 2.24) is 15.3 Å². The molecule has 0 atom stereocenters. The summed E-state index contributed by atoms with van der Waals surface area (Å²) >= 11 is 0. The van der Waals surface area contributed by atoms with Gasteiger partial charge in [0.25, 0.3) is 0 Å². The Morgan fingerprint density at radius 2 is 1.76 bits per heavy atom. The van der Waals surface area contributed by atoms with Gasteiger partial charge in [-0.1, -0.05) is 24.3 Å². The molecule has 2 rings (SSSR count). The number of hydrogen-bond donors (Lipinski definition) is 1. The van der Waals surface area contributed by atoms with Gasteiger partial charge < -0.3 is 5.32 Å². The van der Waals surface area contributed by atoms with Crippen molar-refractivity contribution in [2.24, 2.45) is 0 Å². The maximum Gasteiger partial charge on any atom is 0.133 e. The van der Waals surface area contributed by atoms with Crippen LogP contribution in [0.2, 0.25) is 0 Å². The fraction of sp³-hybridized carbons (Fsp3) is 0.444. The van der Waals surface area contributed by atoms with Gasteiger partial charge in [0.15, 0.2) is 0 Å². The van der Waals surface area contributed by atoms with Crippen molar-refractivity contribution in [2.75, 3.05) is 0 Å². The van der Waals surface area contributed by atoms with Gasteiger partial charge in [0.1, 0.15) is 5.82 Å². The smallest absolute Gasteiger partial charge is 0.133 e. The standard InChI is InChI=1S/C18H25N3/c1-13-8-6-7-9-15(13)11-17-20-14(2)10-16(21-17)12-19-18(3,4)5/h6-10,19H,11-12H2,1-5H3. The minimum absolute atomic E-state index is 0.0923. The molecule has 1 N–H and O–H groups in total. The van der Waals surface area contributed by atoms with Gasteiger partial charge in [-0.2, -0.15) is 0 Å². The molecule has 1 aromatic heterocycles. The van der Waals surface area contributed by atoms with E-state index < -0.39 is 0 Å². The zero-order chi connectivity index (χ0) is 15.5. The van der Waals surface area contributed by atoms with Crippen LogP contribution in [0.1, 0.15) is 49.1 Å². The van der Waals surface area contributed by atoms with Crippen LogP contribution < -0.4 is 5.32 Å². The highest BCUT2D eigenvalue weighted by Crippen LogP contribution is 2.12. The summed E-state index contributed by atoms with van der Waals surface area (Å²) in [5, 5.41) is 3.48. The van der Waals surface area contributed by atoms with Crippen molar-refractivity contribution in [2.45, 2.75) is 53.1 Å². The minimum Gasteiger partial charge on any atom is -0.306 e. The van der Waals surface area contributed by atoms with E-state index >= 15 is 0 Å². The second-order valence-corrected chi connectivity index (χ2v) is 6.62. The first-order valence-corrected chi connectivity index (χ1v) is 7.46. The number of hydrogen-bond acceptors (Lipinski definition) is 3. The molecule has 1 heterocycles. The summed E-state index contributed by atoms with van der Waals surface area (Å²) in [6.07, 6.45) is 0.789. The Balaban J connectivity index is 2.17. The molecule has 112 valence electrons. The monoisotopic (exact) mass is 283 g/mol. The molecular weight excluding hydrogens is 258 g/mol. The quantitative estimate of drug-likeness (QED) is 0.932. The van der Waals surface area contributed by atoms with E-state index in [0.29, 0.717) is 0 Å². The van der Waals surface area contributed by atoms with Crippen LogP contribution in [0.4, 0.5) is 0 Å². The lowest BCUT2D eigenvalue weighted by molar-refractivity contribution is 0.420. The largest absolute Gasteiger partial charge is 0.306 e. The van der Waals surface area contributed by atoms with Gasteiger partial charge in [0, 0.05) is 24.2 Å². The van der Waals surface area contributed by atoms with Crippen LogP contribution in [-0.4, -0.2) is 15.5 Å². The third-order valence-corrected chi connectivity index (χ3v) is 3.36. The Hall–Kier alpha value is -1.74. The highest BCUT2D eigenvalue weighted by molar-refractivity contribution is 5.28. The van der Waals surface area contributed by atoms with Gasteiger partial charge in [-0.05, 0) is 51.8 Å². The predicted octanol–water partition coefficient (Wildman–Crippen LogP) is 3.57. The third kappa shape index (κ3) is 4.94. The van der Waals surface area contributed by atoms with Crippen LogP contribution in [0.15, 0.2) is 30.3 Å². The van der Waals surface area contributed by atoms with Crippen molar-refractivity contribution >= 4 is 0 Å². The summed E-state index contributed by atoms with van der Waals surface area (Å²) in [6, 6.07) is 10.5. The van der Waals surface area contributed by atoms with E-state index in [1.54, 1.807) is 0 Å². The summed E-state index contributed by atoms with van der Waals surface area (Å²) in [7, 11) is 0. The predicted molar refractivity (Wildman–Crippen MR) is 87.3 cm³/mol. The van der Waals surface area contributed by atoms with Crippen molar-refractivity contribution in [1.29, 1.82) is 0 Å². The van der Waals surface area contributed by atoms with E-state index in [-0.39, 0.29) is 5.54 Å². The number of rotatable bonds is 4. The number of nitrogens with zero attached hydrogens (tertiary/aromatic N) is 2. The number of nitrogens with one attached hydrogen (secondary N) is 1. The Labute approximate surface area is 127 Å². The molecule has 0 amide bonds. The zero-order valence-electron chi connectivity index (χ0n) is 13.7. The molecule has 0 saturated carbocycles. The Kier molecular flexibility index (Phi) is 4.73. The van der Waals surface area contributed by atoms with Crippen molar-refractivity contribution < 1.29 is 0 Å². The fourth-order valence-corrected chi connectivity index (χ4v) is 2.20. The molecule has 0 unspecified atom stereocenters. The maximum absolute atomic E-state index is 4.70. The normalized spacial score (nSPS) is 11.7. The second-order valence-electron chi connectivity index (χ2n) is 6.62. The number of aromatic nitrogens is 2. The summed E-state index contributed by atoms with van der Waals surface area (Å²) in [5.41, 5.74) is 4.75. The molecule has 0 aliphatic heterocycles. The Morgan fingerprint density at radius 1 is 1.05 bits per heavy atom. The van der Waals surface area contributed by atoms with Crippen LogP contribution in [0.3, 0.4) is 0 Å². The van der Waals surface area contributed by atoms with Crippen LogP contribution in [0.5, 0.6) is 0 Å². The molecule has 0 aliphatic carbocycles. The lowest BCUT2D eigenvalue weighted by atomic mass is 10.1. The molecule has 3 heteroatoms. The van der Waals surface area contributed by atoms with E-state index in [1.165, 1.54) is 11.1 Å². The summed E-state index contributed by atoms with van der Waals surface area (Å²) in [5.74, 6) is 0.898. The number of aryl methyl sites for hydroxylation is 2. The van der Waals surface area contributed by atoms with Crippen LogP contribution >= 0.6 is 0 Å². The zero-order valence-corrected chi connectivity index (χ0v) is 13.7. The van der Waals surface area contributed by atoms with Crippen molar-refractivity contribution in [3.63, 3.8) is 0 Å². The maximum atomic E-state index is 4.70. The molecule has 0 fully saturated rings. The summed E-state index contributed by atoms with van der Waals surface area (Å²) in [6.45, 7) is 11.4. The molecule has 0 aliphatic rings. The number of benzene rings is 1. The lowest BCUT2D eigenvalue weighted by Crippen LogP contribution is -2.35. The van der Waals surface area contributed by atoms with E-state index in [2.05, 4.69) is 68.3 Å². The third-order valence-electron chi connectivity index (χ3n) is 3.36. The molecule has 3 nitrogen and oxygen atoms in total. The molecule has 0 radical (unpaired) electrons. The van der Waals surface area contributed by atoms with Gasteiger partial charge in [-0.15, -0.1) is 0 Å². The molecule has 1 aromatic carbocycles. The Bertz CT molecular complexity index is 612. The second kappa shape index (κ2) is 6.35. The van der Waals surface area contributed by atoms with Gasteiger partial charge in [-0.25, -0.2) is 9.97 Å². The van der Waals surface area contributed by atoms with Gasteiger partial charge in [-0.3, -0.25) is 0 Å². The van der Waals surface area contributed by atoms with Gasteiger partial charge >= 0.3 is 0 Å². The lowest BCUT2D eigenvalue weighted by Gasteiger charge is -2.20. The first-order valence-electron chi connectivity index (χ1n) is 7.46. The van der Waals surface area contributed by atoms with Crippen molar-refractivity contribution in [3.05, 3.63) is 58.7 Å². The summed E-state index contributed by atoms with van der Waals surface area (Å²) in [4.78, 5) is 9.28. The molecule has 0 spiro atoms. The van der Waals surface area contributed by atoms with Gasteiger partial charge in [0.2, 0.25) is 0 Å². The highest BCUT2D eigenvalue weighted by atomic mass is 15.0. The van der Waals surface area contributed by atoms with Crippen LogP contribution in [0.25, 0.3) is 0 Å². The molecule has 2 aromatic rings. The Morgan fingerprint density at radius 3 is 2.43 bits per heavy atom. The van der Waals surface area contributed by atoms with Crippen molar-refractivity contribution in [3.8, 4) is 0 Å². The minimum atomic E-state index is 0.0923. The van der Waals surface area contributed by atoms with Crippen LogP contribution in [0, 0.1) is 13.8 Å². The fourth-order valence-electron chi connectivity index (χ4n) is 2.20. The van der Waals surface area contributed by atoms with E-state index in [1.807, 2.05) is 6.92 Å². The first kappa shape index (κ1) is 15.6.